The molecule has 0 saturated carbocycles. The average molecular weight is 377 g/mol. The molecule has 0 spiro atoms. The summed E-state index contributed by atoms with van der Waals surface area (Å²) < 4.78 is 32.7. The van der Waals surface area contributed by atoms with Gasteiger partial charge in [-0.2, -0.15) is 4.39 Å². The van der Waals surface area contributed by atoms with Crippen LogP contribution in [0.3, 0.4) is 0 Å². The molecule has 6 heteroatoms. The highest BCUT2D eigenvalue weighted by Gasteiger charge is 2.13. The summed E-state index contributed by atoms with van der Waals surface area (Å²) in [5.74, 6) is -1.87. The highest BCUT2D eigenvalue weighted by Crippen LogP contribution is 2.31. The molecule has 0 amide bonds. The summed E-state index contributed by atoms with van der Waals surface area (Å²) in [5.41, 5.74) is 0.909. The summed E-state index contributed by atoms with van der Waals surface area (Å²) in [6, 6.07) is 7.42. The van der Waals surface area contributed by atoms with Gasteiger partial charge in [-0.15, -0.1) is 0 Å². The molecule has 21 heavy (non-hydrogen) atoms. The summed E-state index contributed by atoms with van der Waals surface area (Å²) in [6.07, 6.45) is 0. The van der Waals surface area contributed by atoms with Gasteiger partial charge in [0.2, 0.25) is 5.82 Å². The van der Waals surface area contributed by atoms with E-state index in [1.807, 2.05) is 6.92 Å². The van der Waals surface area contributed by atoms with Crippen LogP contribution in [0.4, 0.5) is 8.78 Å². The Morgan fingerprint density at radius 2 is 2.00 bits per heavy atom. The van der Waals surface area contributed by atoms with Crippen LogP contribution in [0.1, 0.15) is 12.5 Å². The maximum atomic E-state index is 13.6. The van der Waals surface area contributed by atoms with Gasteiger partial charge in [-0.1, -0.05) is 40.5 Å². The number of halogens is 4. The number of rotatable bonds is 5. The van der Waals surface area contributed by atoms with Crippen molar-refractivity contribution in [1.82, 2.24) is 5.32 Å². The second-order valence-corrected chi connectivity index (χ2v) is 5.66. The van der Waals surface area contributed by atoms with Crippen molar-refractivity contribution in [1.29, 1.82) is 0 Å². The van der Waals surface area contributed by atoms with Gasteiger partial charge in [0, 0.05) is 16.0 Å². The van der Waals surface area contributed by atoms with Crippen molar-refractivity contribution in [3.63, 3.8) is 0 Å². The van der Waals surface area contributed by atoms with E-state index in [4.69, 9.17) is 16.3 Å². The van der Waals surface area contributed by atoms with Crippen molar-refractivity contribution < 1.29 is 13.5 Å². The fraction of sp³-hybridized carbons (Fsp3) is 0.200. The number of hydrogen-bond donors (Lipinski definition) is 1. The van der Waals surface area contributed by atoms with E-state index in [9.17, 15) is 8.78 Å². The normalized spacial score (nSPS) is 10.7. The summed E-state index contributed by atoms with van der Waals surface area (Å²) in [4.78, 5) is 0. The van der Waals surface area contributed by atoms with E-state index in [0.29, 0.717) is 21.8 Å². The minimum atomic E-state index is -1.04. The fourth-order valence-corrected chi connectivity index (χ4v) is 2.37. The van der Waals surface area contributed by atoms with Crippen molar-refractivity contribution in [3.05, 3.63) is 57.0 Å². The maximum Gasteiger partial charge on any atom is 0.201 e. The smallest absolute Gasteiger partial charge is 0.201 e. The van der Waals surface area contributed by atoms with E-state index in [-0.39, 0.29) is 5.75 Å². The average Bonchev–Trinajstić information content (AvgIpc) is 2.43. The Hall–Kier alpha value is -1.17. The predicted molar refractivity (Wildman–Crippen MR) is 83.0 cm³/mol. The molecule has 2 rings (SSSR count). The lowest BCUT2D eigenvalue weighted by Crippen LogP contribution is -2.11. The monoisotopic (exact) mass is 375 g/mol. The standard InChI is InChI=1S/C15H13BrClF2NO/c1-2-20-8-9-3-4-11(7-12(9)17)21-14-6-10(16)5-13(18)15(14)19/h3-7,20H,2,8H2,1H3. The van der Waals surface area contributed by atoms with Crippen LogP contribution < -0.4 is 10.1 Å². The molecule has 0 aliphatic heterocycles. The first-order valence-corrected chi connectivity index (χ1v) is 7.50. The molecule has 0 aliphatic carbocycles. The predicted octanol–water partition coefficient (Wildman–Crippen LogP) is 5.28. The van der Waals surface area contributed by atoms with Gasteiger partial charge in [-0.05, 0) is 36.4 Å². The first-order valence-electron chi connectivity index (χ1n) is 6.32. The number of ether oxygens (including phenoxy) is 1. The van der Waals surface area contributed by atoms with Crippen LogP contribution in [-0.2, 0) is 6.54 Å². The van der Waals surface area contributed by atoms with E-state index in [0.717, 1.165) is 18.2 Å². The van der Waals surface area contributed by atoms with E-state index in [1.54, 1.807) is 18.2 Å². The van der Waals surface area contributed by atoms with Gasteiger partial charge in [0.25, 0.3) is 0 Å². The second kappa shape index (κ2) is 7.20. The molecule has 1 N–H and O–H groups in total. The Kier molecular flexibility index (Phi) is 5.56. The molecule has 2 aromatic rings. The summed E-state index contributed by atoms with van der Waals surface area (Å²) in [7, 11) is 0. The summed E-state index contributed by atoms with van der Waals surface area (Å²) in [5, 5.41) is 3.66. The highest BCUT2D eigenvalue weighted by molar-refractivity contribution is 9.10. The molecule has 0 bridgehead atoms. The first kappa shape index (κ1) is 16.2. The van der Waals surface area contributed by atoms with Crippen LogP contribution >= 0.6 is 27.5 Å². The zero-order chi connectivity index (χ0) is 15.4. The lowest BCUT2D eigenvalue weighted by molar-refractivity contribution is 0.415. The third kappa shape index (κ3) is 4.15. The molecule has 2 aromatic carbocycles. The Bertz CT molecular complexity index is 652. The van der Waals surface area contributed by atoms with Gasteiger partial charge in [-0.3, -0.25) is 0 Å². The van der Waals surface area contributed by atoms with Crippen LogP contribution in [0.2, 0.25) is 5.02 Å². The Labute approximate surface area is 135 Å². The molecule has 112 valence electrons. The Morgan fingerprint density at radius 1 is 1.24 bits per heavy atom. The molecule has 0 heterocycles. The quantitative estimate of drug-likeness (QED) is 0.717. The maximum absolute atomic E-state index is 13.6. The lowest BCUT2D eigenvalue weighted by Gasteiger charge is -2.10. The largest absolute Gasteiger partial charge is 0.454 e. The van der Waals surface area contributed by atoms with Crippen LogP contribution in [0.5, 0.6) is 11.5 Å². The number of hydrogen-bond acceptors (Lipinski definition) is 2. The SMILES string of the molecule is CCNCc1ccc(Oc2cc(Br)cc(F)c2F)cc1Cl. The first-order chi connectivity index (χ1) is 10.0. The Morgan fingerprint density at radius 3 is 2.67 bits per heavy atom. The molecular formula is C15H13BrClF2NO. The van der Waals surface area contributed by atoms with Gasteiger partial charge >= 0.3 is 0 Å². The summed E-state index contributed by atoms with van der Waals surface area (Å²) in [6.45, 7) is 3.46. The van der Waals surface area contributed by atoms with Crippen molar-refractivity contribution in [2.75, 3.05) is 6.54 Å². The van der Waals surface area contributed by atoms with E-state index < -0.39 is 11.6 Å². The van der Waals surface area contributed by atoms with Crippen LogP contribution in [0, 0.1) is 11.6 Å². The highest BCUT2D eigenvalue weighted by atomic mass is 79.9. The molecule has 0 saturated heterocycles. The lowest BCUT2D eigenvalue weighted by atomic mass is 10.2. The third-order valence-corrected chi connectivity index (χ3v) is 3.59. The summed E-state index contributed by atoms with van der Waals surface area (Å²) >= 11 is 9.23. The van der Waals surface area contributed by atoms with Crippen LogP contribution in [0.25, 0.3) is 0 Å². The molecule has 2 nitrogen and oxygen atoms in total. The van der Waals surface area contributed by atoms with Crippen molar-refractivity contribution in [2.45, 2.75) is 13.5 Å². The molecule has 0 unspecified atom stereocenters. The van der Waals surface area contributed by atoms with Gasteiger partial charge in [-0.25, -0.2) is 4.39 Å². The Balaban J connectivity index is 2.22. The van der Waals surface area contributed by atoms with Crippen molar-refractivity contribution in [3.8, 4) is 11.5 Å². The van der Waals surface area contributed by atoms with E-state index >= 15 is 0 Å². The van der Waals surface area contributed by atoms with Crippen LogP contribution in [-0.4, -0.2) is 6.54 Å². The molecule has 0 aromatic heterocycles. The molecule has 0 fully saturated rings. The molecule has 0 radical (unpaired) electrons. The fourth-order valence-electron chi connectivity index (χ4n) is 1.73. The minimum Gasteiger partial charge on any atom is -0.454 e. The molecule has 0 atom stereocenters. The topological polar surface area (TPSA) is 21.3 Å². The second-order valence-electron chi connectivity index (χ2n) is 4.34. The third-order valence-electron chi connectivity index (χ3n) is 2.78. The van der Waals surface area contributed by atoms with Gasteiger partial charge in [0.1, 0.15) is 5.75 Å². The van der Waals surface area contributed by atoms with Crippen molar-refractivity contribution >= 4 is 27.5 Å². The van der Waals surface area contributed by atoms with Gasteiger partial charge < -0.3 is 10.1 Å². The van der Waals surface area contributed by atoms with E-state index in [2.05, 4.69) is 21.2 Å². The van der Waals surface area contributed by atoms with Gasteiger partial charge in [0.05, 0.1) is 0 Å². The van der Waals surface area contributed by atoms with Gasteiger partial charge in [0.15, 0.2) is 11.6 Å². The van der Waals surface area contributed by atoms with E-state index in [1.165, 1.54) is 6.07 Å². The molecular weight excluding hydrogens is 364 g/mol. The van der Waals surface area contributed by atoms with Crippen molar-refractivity contribution in [2.24, 2.45) is 0 Å². The zero-order valence-electron chi connectivity index (χ0n) is 11.2. The minimum absolute atomic E-state index is 0.197. The zero-order valence-corrected chi connectivity index (χ0v) is 13.6. The molecule has 0 aliphatic rings. The number of benzene rings is 2. The van der Waals surface area contributed by atoms with Crippen LogP contribution in [0.15, 0.2) is 34.8 Å². The number of nitrogens with one attached hydrogen (secondary N) is 1.